The van der Waals surface area contributed by atoms with Gasteiger partial charge < -0.3 is 9.47 Å². The van der Waals surface area contributed by atoms with Gasteiger partial charge in [0, 0.05) is 6.08 Å². The Hall–Kier alpha value is -1.25. The van der Waals surface area contributed by atoms with Crippen LogP contribution in [0.3, 0.4) is 0 Å². The van der Waals surface area contributed by atoms with Crippen molar-refractivity contribution in [1.82, 2.24) is 0 Å². The van der Waals surface area contributed by atoms with Gasteiger partial charge in [-0.25, -0.2) is 4.79 Å². The predicted octanol–water partition coefficient (Wildman–Crippen LogP) is 2.05. The lowest BCUT2D eigenvalue weighted by atomic mass is 10.2. The molecule has 13 heavy (non-hydrogen) atoms. The minimum atomic E-state index is -0.359. The topological polar surface area (TPSA) is 35.5 Å². The molecular weight excluding hydrogens is 168 g/mol. The van der Waals surface area contributed by atoms with Crippen molar-refractivity contribution in [2.45, 2.75) is 19.3 Å². The molecular formula is C10H16O3. The molecule has 0 aliphatic carbocycles. The largest absolute Gasteiger partial charge is 0.502 e. The molecule has 0 unspecified atom stereocenters. The number of hydrogen-bond acceptors (Lipinski definition) is 3. The SMILES string of the molecule is C=COCCCCCOC(=O)C=C. The normalized spacial score (nSPS) is 8.92. The highest BCUT2D eigenvalue weighted by atomic mass is 16.5. The van der Waals surface area contributed by atoms with E-state index in [9.17, 15) is 4.79 Å². The van der Waals surface area contributed by atoms with Gasteiger partial charge in [0.05, 0.1) is 19.5 Å². The molecule has 0 aromatic carbocycles. The van der Waals surface area contributed by atoms with Gasteiger partial charge in [0.1, 0.15) is 0 Å². The number of esters is 1. The van der Waals surface area contributed by atoms with Crippen LogP contribution in [-0.2, 0) is 14.3 Å². The number of ether oxygens (including phenoxy) is 2. The van der Waals surface area contributed by atoms with Gasteiger partial charge in [-0.1, -0.05) is 13.2 Å². The van der Waals surface area contributed by atoms with Crippen LogP contribution in [0.25, 0.3) is 0 Å². The molecule has 0 bridgehead atoms. The Bertz CT molecular complexity index is 164. The Kier molecular flexibility index (Phi) is 7.99. The van der Waals surface area contributed by atoms with Gasteiger partial charge in [-0.15, -0.1) is 0 Å². The van der Waals surface area contributed by atoms with Crippen molar-refractivity contribution in [3.63, 3.8) is 0 Å². The number of carbonyl (C=O) groups is 1. The van der Waals surface area contributed by atoms with Crippen molar-refractivity contribution in [2.75, 3.05) is 13.2 Å². The number of carbonyl (C=O) groups excluding carboxylic acids is 1. The zero-order chi connectivity index (χ0) is 9.94. The average molecular weight is 184 g/mol. The summed E-state index contributed by atoms with van der Waals surface area (Å²) in [5.74, 6) is -0.359. The van der Waals surface area contributed by atoms with Crippen molar-refractivity contribution in [1.29, 1.82) is 0 Å². The van der Waals surface area contributed by atoms with E-state index in [1.54, 1.807) is 0 Å². The summed E-state index contributed by atoms with van der Waals surface area (Å²) in [7, 11) is 0. The average Bonchev–Trinajstić information content (AvgIpc) is 2.16. The fourth-order valence-electron chi connectivity index (χ4n) is 0.779. The first-order valence-corrected chi connectivity index (χ1v) is 4.33. The molecule has 74 valence electrons. The number of rotatable bonds is 8. The van der Waals surface area contributed by atoms with Crippen LogP contribution in [0, 0.1) is 0 Å². The van der Waals surface area contributed by atoms with Crippen LogP contribution in [0.4, 0.5) is 0 Å². The molecule has 0 aromatic heterocycles. The second-order valence-corrected chi connectivity index (χ2v) is 2.47. The summed E-state index contributed by atoms with van der Waals surface area (Å²) in [4.78, 5) is 10.6. The van der Waals surface area contributed by atoms with Crippen LogP contribution in [0.15, 0.2) is 25.5 Å². The van der Waals surface area contributed by atoms with Crippen LogP contribution in [0.1, 0.15) is 19.3 Å². The van der Waals surface area contributed by atoms with E-state index in [1.807, 2.05) is 0 Å². The smallest absolute Gasteiger partial charge is 0.330 e. The third-order valence-corrected chi connectivity index (χ3v) is 1.44. The Balaban J connectivity index is 3.03. The second-order valence-electron chi connectivity index (χ2n) is 2.47. The molecule has 0 aliphatic rings. The Morgan fingerprint density at radius 1 is 1.15 bits per heavy atom. The van der Waals surface area contributed by atoms with E-state index in [0.29, 0.717) is 13.2 Å². The van der Waals surface area contributed by atoms with Gasteiger partial charge in [0.2, 0.25) is 0 Å². The molecule has 3 heteroatoms. The van der Waals surface area contributed by atoms with Crippen LogP contribution >= 0.6 is 0 Å². The maximum Gasteiger partial charge on any atom is 0.330 e. The van der Waals surface area contributed by atoms with E-state index in [4.69, 9.17) is 9.47 Å². The minimum Gasteiger partial charge on any atom is -0.502 e. The van der Waals surface area contributed by atoms with Crippen molar-refractivity contribution in [3.05, 3.63) is 25.5 Å². The molecule has 3 nitrogen and oxygen atoms in total. The fraction of sp³-hybridized carbons (Fsp3) is 0.500. The molecule has 0 heterocycles. The highest BCUT2D eigenvalue weighted by Crippen LogP contribution is 1.96. The van der Waals surface area contributed by atoms with Gasteiger partial charge in [-0.3, -0.25) is 0 Å². The third kappa shape index (κ3) is 8.66. The van der Waals surface area contributed by atoms with E-state index < -0.39 is 0 Å². The zero-order valence-electron chi connectivity index (χ0n) is 7.83. The Morgan fingerprint density at radius 3 is 2.46 bits per heavy atom. The van der Waals surface area contributed by atoms with Crippen LogP contribution in [0.2, 0.25) is 0 Å². The van der Waals surface area contributed by atoms with Crippen LogP contribution < -0.4 is 0 Å². The number of hydrogen-bond donors (Lipinski definition) is 0. The second kappa shape index (κ2) is 8.84. The summed E-state index contributed by atoms with van der Waals surface area (Å²) in [5.41, 5.74) is 0. The van der Waals surface area contributed by atoms with E-state index in [-0.39, 0.29) is 5.97 Å². The van der Waals surface area contributed by atoms with Gasteiger partial charge in [0.15, 0.2) is 0 Å². The summed E-state index contributed by atoms with van der Waals surface area (Å²) < 4.78 is 9.70. The zero-order valence-corrected chi connectivity index (χ0v) is 7.83. The molecule has 0 aromatic rings. The van der Waals surface area contributed by atoms with Crippen molar-refractivity contribution in [3.8, 4) is 0 Å². The van der Waals surface area contributed by atoms with Crippen molar-refractivity contribution >= 4 is 5.97 Å². The summed E-state index contributed by atoms with van der Waals surface area (Å²) in [5, 5.41) is 0. The quantitative estimate of drug-likeness (QED) is 0.250. The van der Waals surface area contributed by atoms with Crippen LogP contribution in [0.5, 0.6) is 0 Å². The number of unbranched alkanes of at least 4 members (excludes halogenated alkanes) is 2. The summed E-state index contributed by atoms with van der Waals surface area (Å²) in [6.45, 7) is 7.86. The lowest BCUT2D eigenvalue weighted by Crippen LogP contribution is -2.01. The molecule has 0 radical (unpaired) electrons. The van der Waals surface area contributed by atoms with Crippen molar-refractivity contribution in [2.24, 2.45) is 0 Å². The maximum absolute atomic E-state index is 10.6. The summed E-state index contributed by atoms with van der Waals surface area (Å²) in [6, 6.07) is 0. The van der Waals surface area contributed by atoms with Crippen molar-refractivity contribution < 1.29 is 14.3 Å². The standard InChI is InChI=1S/C10H16O3/c1-3-10(11)13-9-7-5-6-8-12-4-2/h3-4H,1-2,5-9H2. The van der Waals surface area contributed by atoms with Crippen LogP contribution in [-0.4, -0.2) is 19.2 Å². The first-order valence-electron chi connectivity index (χ1n) is 4.33. The summed E-state index contributed by atoms with van der Waals surface area (Å²) in [6.07, 6.45) is 5.40. The molecule has 0 aliphatic heterocycles. The monoisotopic (exact) mass is 184 g/mol. The first kappa shape index (κ1) is 11.8. The molecule has 0 spiro atoms. The molecule has 0 saturated heterocycles. The minimum absolute atomic E-state index is 0.359. The summed E-state index contributed by atoms with van der Waals surface area (Å²) >= 11 is 0. The van der Waals surface area contributed by atoms with E-state index in [1.165, 1.54) is 12.3 Å². The molecule has 0 amide bonds. The Labute approximate surface area is 79.0 Å². The van der Waals surface area contributed by atoms with E-state index in [0.717, 1.165) is 19.3 Å². The third-order valence-electron chi connectivity index (χ3n) is 1.44. The molecule has 0 atom stereocenters. The van der Waals surface area contributed by atoms with Gasteiger partial charge in [-0.05, 0) is 19.3 Å². The lowest BCUT2D eigenvalue weighted by molar-refractivity contribution is -0.137. The molecule has 0 fully saturated rings. The highest BCUT2D eigenvalue weighted by Gasteiger charge is 1.94. The Morgan fingerprint density at radius 2 is 1.85 bits per heavy atom. The maximum atomic E-state index is 10.6. The van der Waals surface area contributed by atoms with E-state index >= 15 is 0 Å². The van der Waals surface area contributed by atoms with E-state index in [2.05, 4.69) is 13.2 Å². The van der Waals surface area contributed by atoms with Gasteiger partial charge >= 0.3 is 5.97 Å². The molecule has 0 rings (SSSR count). The van der Waals surface area contributed by atoms with Gasteiger partial charge in [-0.2, -0.15) is 0 Å². The molecule has 0 N–H and O–H groups in total. The fourth-order valence-corrected chi connectivity index (χ4v) is 0.779. The predicted molar refractivity (Wildman–Crippen MR) is 51.2 cm³/mol. The highest BCUT2D eigenvalue weighted by molar-refractivity contribution is 5.81. The lowest BCUT2D eigenvalue weighted by Gasteiger charge is -2.01. The van der Waals surface area contributed by atoms with Gasteiger partial charge in [0.25, 0.3) is 0 Å². The molecule has 0 saturated carbocycles. The first-order chi connectivity index (χ1) is 6.31.